The number of phenolic OH excluding ortho intramolecular Hbond substituents is 1. The van der Waals surface area contributed by atoms with E-state index in [2.05, 4.69) is 0 Å². The molecule has 1 heterocycles. The van der Waals surface area contributed by atoms with Crippen molar-refractivity contribution in [3.8, 4) is 5.75 Å². The molecule has 1 N–H and O–H groups in total. The summed E-state index contributed by atoms with van der Waals surface area (Å²) in [7, 11) is 0. The summed E-state index contributed by atoms with van der Waals surface area (Å²) in [5.41, 5.74) is 0.811. The van der Waals surface area contributed by atoms with Crippen molar-refractivity contribution in [1.29, 1.82) is 0 Å². The van der Waals surface area contributed by atoms with Crippen LogP contribution in [0, 0.1) is 0 Å². The molecule has 0 amide bonds. The fourth-order valence-corrected chi connectivity index (χ4v) is 1.99. The summed E-state index contributed by atoms with van der Waals surface area (Å²) in [5.74, 6) is -0.294. The zero-order valence-electron chi connectivity index (χ0n) is 10.5. The number of hydrogen-bond donors (Lipinski definition) is 1. The lowest BCUT2D eigenvalue weighted by atomic mass is 10.0. The molecular formula is C14H15ClO4. The molecule has 2 atom stereocenters. The summed E-state index contributed by atoms with van der Waals surface area (Å²) in [6.07, 6.45) is 4.15. The van der Waals surface area contributed by atoms with Crippen molar-refractivity contribution in [2.75, 3.05) is 6.61 Å². The third kappa shape index (κ3) is 3.72. The highest BCUT2D eigenvalue weighted by Crippen LogP contribution is 2.31. The second-order valence-electron chi connectivity index (χ2n) is 4.36. The molecule has 0 fully saturated rings. The monoisotopic (exact) mass is 282 g/mol. The van der Waals surface area contributed by atoms with Crippen LogP contribution in [0.3, 0.4) is 0 Å². The molecule has 1 aliphatic rings. The Morgan fingerprint density at radius 3 is 3.05 bits per heavy atom. The highest BCUT2D eigenvalue weighted by atomic mass is 35.5. The van der Waals surface area contributed by atoms with Gasteiger partial charge in [-0.2, -0.15) is 0 Å². The molecule has 1 aromatic rings. The van der Waals surface area contributed by atoms with E-state index in [1.54, 1.807) is 18.2 Å². The Hall–Kier alpha value is -1.52. The number of hydrogen-bond acceptors (Lipinski definition) is 4. The van der Waals surface area contributed by atoms with Gasteiger partial charge in [0, 0.05) is 6.92 Å². The molecule has 0 saturated heterocycles. The Balaban J connectivity index is 2.04. The maximum absolute atomic E-state index is 10.8. The van der Waals surface area contributed by atoms with Crippen molar-refractivity contribution >= 4 is 17.6 Å². The summed E-state index contributed by atoms with van der Waals surface area (Å²) >= 11 is 5.77. The molecule has 2 rings (SSSR count). The number of esters is 1. The summed E-state index contributed by atoms with van der Waals surface area (Å²) < 4.78 is 10.7. The predicted molar refractivity (Wildman–Crippen MR) is 71.1 cm³/mol. The number of carbonyl (C=O) groups excluding carboxylic acids is 1. The van der Waals surface area contributed by atoms with Crippen molar-refractivity contribution in [1.82, 2.24) is 0 Å². The van der Waals surface area contributed by atoms with Crippen LogP contribution >= 0.6 is 11.6 Å². The van der Waals surface area contributed by atoms with Crippen LogP contribution in [-0.4, -0.2) is 23.8 Å². The van der Waals surface area contributed by atoms with Crippen molar-refractivity contribution < 1.29 is 19.4 Å². The van der Waals surface area contributed by atoms with Crippen LogP contribution in [-0.2, 0) is 14.3 Å². The number of halogens is 1. The van der Waals surface area contributed by atoms with Gasteiger partial charge in [-0.1, -0.05) is 29.8 Å². The third-order valence-electron chi connectivity index (χ3n) is 2.82. The van der Waals surface area contributed by atoms with Gasteiger partial charge in [-0.3, -0.25) is 4.79 Å². The van der Waals surface area contributed by atoms with E-state index >= 15 is 0 Å². The zero-order chi connectivity index (χ0) is 13.8. The quantitative estimate of drug-likeness (QED) is 0.684. The number of benzene rings is 1. The minimum Gasteiger partial charge on any atom is -0.506 e. The van der Waals surface area contributed by atoms with E-state index in [0.717, 1.165) is 5.56 Å². The van der Waals surface area contributed by atoms with Crippen LogP contribution in [0.15, 0.2) is 30.4 Å². The van der Waals surface area contributed by atoms with Crippen molar-refractivity contribution in [2.45, 2.75) is 25.6 Å². The lowest BCUT2D eigenvalue weighted by molar-refractivity contribution is -0.146. The SMILES string of the molecule is CC(=O)OCC1CC=CC(c2ccc(Cl)c(O)c2)O1. The van der Waals surface area contributed by atoms with E-state index in [4.69, 9.17) is 21.1 Å². The molecule has 0 spiro atoms. The van der Waals surface area contributed by atoms with E-state index in [1.807, 2.05) is 12.2 Å². The van der Waals surface area contributed by atoms with E-state index < -0.39 is 0 Å². The van der Waals surface area contributed by atoms with Crippen molar-refractivity contribution in [3.63, 3.8) is 0 Å². The molecule has 0 bridgehead atoms. The van der Waals surface area contributed by atoms with E-state index in [9.17, 15) is 9.90 Å². The third-order valence-corrected chi connectivity index (χ3v) is 3.14. The first-order valence-electron chi connectivity index (χ1n) is 6.00. The van der Waals surface area contributed by atoms with E-state index in [-0.39, 0.29) is 30.5 Å². The Morgan fingerprint density at radius 2 is 2.37 bits per heavy atom. The summed E-state index contributed by atoms with van der Waals surface area (Å²) in [6, 6.07) is 5.00. The number of aromatic hydroxyl groups is 1. The zero-order valence-corrected chi connectivity index (χ0v) is 11.3. The summed E-state index contributed by atoms with van der Waals surface area (Å²) in [4.78, 5) is 10.8. The smallest absolute Gasteiger partial charge is 0.302 e. The number of phenols is 1. The van der Waals surface area contributed by atoms with Gasteiger partial charge < -0.3 is 14.6 Å². The van der Waals surface area contributed by atoms with Crippen molar-refractivity contribution in [3.05, 3.63) is 40.9 Å². The normalized spacial score (nSPS) is 22.2. The molecular weight excluding hydrogens is 268 g/mol. The van der Waals surface area contributed by atoms with Crippen LogP contribution in [0.2, 0.25) is 5.02 Å². The maximum Gasteiger partial charge on any atom is 0.302 e. The number of rotatable bonds is 3. The average Bonchev–Trinajstić information content (AvgIpc) is 2.40. The summed E-state index contributed by atoms with van der Waals surface area (Å²) in [5, 5.41) is 9.90. The summed E-state index contributed by atoms with van der Waals surface area (Å²) in [6.45, 7) is 1.60. The second kappa shape index (κ2) is 6.08. The molecule has 4 nitrogen and oxygen atoms in total. The predicted octanol–water partition coefficient (Wildman–Crippen LogP) is 2.99. The molecule has 1 aromatic carbocycles. The molecule has 2 unspecified atom stereocenters. The van der Waals surface area contributed by atoms with Gasteiger partial charge in [-0.25, -0.2) is 0 Å². The van der Waals surface area contributed by atoms with Crippen LogP contribution in [0.1, 0.15) is 25.0 Å². The lowest BCUT2D eigenvalue weighted by Gasteiger charge is -2.26. The van der Waals surface area contributed by atoms with Gasteiger partial charge in [0.1, 0.15) is 18.5 Å². The first-order chi connectivity index (χ1) is 9.06. The second-order valence-corrected chi connectivity index (χ2v) is 4.76. The first kappa shape index (κ1) is 13.9. The first-order valence-corrected chi connectivity index (χ1v) is 6.38. The van der Waals surface area contributed by atoms with Crippen LogP contribution in [0.25, 0.3) is 0 Å². The Bertz CT molecular complexity index is 498. The van der Waals surface area contributed by atoms with Gasteiger partial charge in [0.05, 0.1) is 11.1 Å². The lowest BCUT2D eigenvalue weighted by Crippen LogP contribution is -2.25. The minimum atomic E-state index is -0.321. The highest BCUT2D eigenvalue weighted by Gasteiger charge is 2.21. The molecule has 0 aliphatic carbocycles. The van der Waals surface area contributed by atoms with Gasteiger partial charge in [-0.15, -0.1) is 0 Å². The Morgan fingerprint density at radius 1 is 1.58 bits per heavy atom. The van der Waals surface area contributed by atoms with Crippen LogP contribution in [0.5, 0.6) is 5.75 Å². The molecule has 1 aliphatic heterocycles. The van der Waals surface area contributed by atoms with E-state index in [0.29, 0.717) is 11.4 Å². The average molecular weight is 283 g/mol. The molecule has 5 heteroatoms. The van der Waals surface area contributed by atoms with Crippen molar-refractivity contribution in [2.24, 2.45) is 0 Å². The van der Waals surface area contributed by atoms with Gasteiger partial charge in [0.15, 0.2) is 0 Å². The van der Waals surface area contributed by atoms with Crippen LogP contribution < -0.4 is 0 Å². The standard InChI is InChI=1S/C14H15ClO4/c1-9(16)18-8-11-3-2-4-14(19-11)10-5-6-12(15)13(17)7-10/h2,4-7,11,14,17H,3,8H2,1H3. The van der Waals surface area contributed by atoms with Gasteiger partial charge in [0.25, 0.3) is 0 Å². The largest absolute Gasteiger partial charge is 0.506 e. The molecule has 0 saturated carbocycles. The number of carbonyl (C=O) groups is 1. The van der Waals surface area contributed by atoms with E-state index in [1.165, 1.54) is 6.92 Å². The highest BCUT2D eigenvalue weighted by molar-refractivity contribution is 6.32. The fourth-order valence-electron chi connectivity index (χ4n) is 1.88. The molecule has 0 aromatic heterocycles. The van der Waals surface area contributed by atoms with Gasteiger partial charge >= 0.3 is 5.97 Å². The number of ether oxygens (including phenoxy) is 2. The molecule has 19 heavy (non-hydrogen) atoms. The maximum atomic E-state index is 10.8. The Labute approximate surface area is 116 Å². The van der Waals surface area contributed by atoms with Gasteiger partial charge in [-0.05, 0) is 24.1 Å². The van der Waals surface area contributed by atoms with Gasteiger partial charge in [0.2, 0.25) is 0 Å². The minimum absolute atomic E-state index is 0.0262. The fraction of sp³-hybridized carbons (Fsp3) is 0.357. The Kier molecular flexibility index (Phi) is 4.45. The topological polar surface area (TPSA) is 55.8 Å². The molecule has 0 radical (unpaired) electrons. The van der Waals surface area contributed by atoms with Crippen LogP contribution in [0.4, 0.5) is 0 Å². The molecule has 102 valence electrons.